The first-order valence-electron chi connectivity index (χ1n) is 6.67. The standard InChI is InChI=1S/C14H18O4/c1-2-13(15)17-7-11-9-3-8-4-10(6-9)14(16)18-12(11)5-8/h2,8-12H,1,3-7H2. The summed E-state index contributed by atoms with van der Waals surface area (Å²) >= 11 is 0. The first-order valence-corrected chi connectivity index (χ1v) is 6.67. The van der Waals surface area contributed by atoms with Gasteiger partial charge < -0.3 is 9.47 Å². The van der Waals surface area contributed by atoms with Crippen LogP contribution in [0.4, 0.5) is 0 Å². The maximum Gasteiger partial charge on any atom is 0.330 e. The van der Waals surface area contributed by atoms with Crippen LogP contribution < -0.4 is 0 Å². The molecule has 5 unspecified atom stereocenters. The molecule has 4 fully saturated rings. The van der Waals surface area contributed by atoms with Crippen molar-refractivity contribution in [3.05, 3.63) is 12.7 Å². The van der Waals surface area contributed by atoms with E-state index < -0.39 is 5.97 Å². The van der Waals surface area contributed by atoms with E-state index in [1.807, 2.05) is 0 Å². The molecule has 4 aliphatic rings. The summed E-state index contributed by atoms with van der Waals surface area (Å²) in [4.78, 5) is 23.0. The Bertz CT molecular complexity index is 389. The fourth-order valence-electron chi connectivity index (χ4n) is 3.89. The van der Waals surface area contributed by atoms with Crippen molar-refractivity contribution in [3.8, 4) is 0 Å². The van der Waals surface area contributed by atoms with Crippen LogP contribution in [-0.2, 0) is 19.1 Å². The number of hydrogen-bond acceptors (Lipinski definition) is 4. The fourth-order valence-corrected chi connectivity index (χ4v) is 3.89. The molecule has 4 rings (SSSR count). The van der Waals surface area contributed by atoms with E-state index in [1.54, 1.807) is 0 Å². The summed E-state index contributed by atoms with van der Waals surface area (Å²) in [5.41, 5.74) is 0. The smallest absolute Gasteiger partial charge is 0.330 e. The Labute approximate surface area is 106 Å². The van der Waals surface area contributed by atoms with Crippen molar-refractivity contribution < 1.29 is 19.1 Å². The van der Waals surface area contributed by atoms with E-state index in [0.717, 1.165) is 25.7 Å². The summed E-state index contributed by atoms with van der Waals surface area (Å²) in [7, 11) is 0. The first-order chi connectivity index (χ1) is 8.67. The predicted octanol–water partition coefficient (Wildman–Crippen LogP) is 1.69. The minimum Gasteiger partial charge on any atom is -0.462 e. The van der Waals surface area contributed by atoms with Gasteiger partial charge in [0.15, 0.2) is 0 Å². The van der Waals surface area contributed by atoms with Gasteiger partial charge in [0.1, 0.15) is 6.10 Å². The van der Waals surface area contributed by atoms with Crippen molar-refractivity contribution in [2.45, 2.75) is 31.8 Å². The SMILES string of the molecule is C=CC(=O)OCC1C2CC3CC(C2)C(=O)OC1C3. The van der Waals surface area contributed by atoms with Gasteiger partial charge in [-0.3, -0.25) is 4.79 Å². The molecule has 2 saturated carbocycles. The molecule has 4 bridgehead atoms. The van der Waals surface area contributed by atoms with Gasteiger partial charge in [-0.05, 0) is 37.5 Å². The van der Waals surface area contributed by atoms with Crippen molar-refractivity contribution in [2.75, 3.05) is 6.61 Å². The van der Waals surface area contributed by atoms with Crippen molar-refractivity contribution in [1.82, 2.24) is 0 Å². The quantitative estimate of drug-likeness (QED) is 0.565. The second kappa shape index (κ2) is 4.41. The Balaban J connectivity index is 1.73. The zero-order valence-electron chi connectivity index (χ0n) is 10.3. The fraction of sp³-hybridized carbons (Fsp3) is 0.714. The normalized spacial score (nSPS) is 41.1. The van der Waals surface area contributed by atoms with E-state index in [0.29, 0.717) is 18.4 Å². The highest BCUT2D eigenvalue weighted by Crippen LogP contribution is 2.49. The molecule has 0 aromatic heterocycles. The number of esters is 2. The third-order valence-electron chi connectivity index (χ3n) is 4.68. The van der Waals surface area contributed by atoms with Gasteiger partial charge >= 0.3 is 11.9 Å². The molecule has 5 atom stereocenters. The van der Waals surface area contributed by atoms with Gasteiger partial charge in [0.05, 0.1) is 12.5 Å². The van der Waals surface area contributed by atoms with Crippen LogP contribution in [0.1, 0.15) is 25.7 Å². The predicted molar refractivity (Wildman–Crippen MR) is 63.5 cm³/mol. The summed E-state index contributed by atoms with van der Waals surface area (Å²) in [5.74, 6) is 0.921. The van der Waals surface area contributed by atoms with Crippen molar-refractivity contribution in [1.29, 1.82) is 0 Å². The van der Waals surface area contributed by atoms with Crippen molar-refractivity contribution >= 4 is 11.9 Å². The van der Waals surface area contributed by atoms with Gasteiger partial charge in [0, 0.05) is 12.0 Å². The average Bonchev–Trinajstić information content (AvgIpc) is 2.51. The van der Waals surface area contributed by atoms with E-state index in [9.17, 15) is 9.59 Å². The minimum atomic E-state index is -0.395. The lowest BCUT2D eigenvalue weighted by Gasteiger charge is -2.41. The largest absolute Gasteiger partial charge is 0.462 e. The highest BCUT2D eigenvalue weighted by atomic mass is 16.6. The Morgan fingerprint density at radius 1 is 1.39 bits per heavy atom. The van der Waals surface area contributed by atoms with Gasteiger partial charge in [-0.1, -0.05) is 6.58 Å². The van der Waals surface area contributed by atoms with Crippen LogP contribution in [0, 0.1) is 23.7 Å². The Morgan fingerprint density at radius 3 is 3.00 bits per heavy atom. The molecule has 0 radical (unpaired) electrons. The van der Waals surface area contributed by atoms with Gasteiger partial charge in [-0.25, -0.2) is 4.79 Å². The van der Waals surface area contributed by atoms with Crippen LogP contribution in [-0.4, -0.2) is 24.6 Å². The lowest BCUT2D eigenvalue weighted by atomic mass is 9.64. The van der Waals surface area contributed by atoms with Crippen LogP contribution in [0.3, 0.4) is 0 Å². The van der Waals surface area contributed by atoms with E-state index in [4.69, 9.17) is 9.47 Å². The zero-order chi connectivity index (χ0) is 12.7. The number of ether oxygens (including phenoxy) is 2. The Kier molecular flexibility index (Phi) is 2.88. The number of fused-ring (bicyclic) bond motifs is 1. The topological polar surface area (TPSA) is 52.6 Å². The number of hydrogen-bond donors (Lipinski definition) is 0. The van der Waals surface area contributed by atoms with Crippen LogP contribution in [0.5, 0.6) is 0 Å². The summed E-state index contributed by atoms with van der Waals surface area (Å²) in [6.07, 6.45) is 5.12. The Hall–Kier alpha value is -1.32. The van der Waals surface area contributed by atoms with E-state index in [-0.39, 0.29) is 23.9 Å². The molecular weight excluding hydrogens is 232 g/mol. The lowest BCUT2D eigenvalue weighted by molar-refractivity contribution is -0.155. The molecule has 4 nitrogen and oxygen atoms in total. The van der Waals surface area contributed by atoms with Gasteiger partial charge in [0.25, 0.3) is 0 Å². The molecule has 98 valence electrons. The average molecular weight is 250 g/mol. The maximum absolute atomic E-state index is 11.9. The number of rotatable bonds is 3. The Morgan fingerprint density at radius 2 is 2.22 bits per heavy atom. The third-order valence-corrected chi connectivity index (χ3v) is 4.68. The lowest BCUT2D eigenvalue weighted by Crippen LogP contribution is -2.41. The van der Waals surface area contributed by atoms with E-state index in [1.165, 1.54) is 6.08 Å². The van der Waals surface area contributed by atoms with Crippen LogP contribution in [0.15, 0.2) is 12.7 Å². The van der Waals surface area contributed by atoms with Gasteiger partial charge in [-0.15, -0.1) is 0 Å². The van der Waals surface area contributed by atoms with Crippen LogP contribution in [0.2, 0.25) is 0 Å². The summed E-state index contributed by atoms with van der Waals surface area (Å²) < 4.78 is 10.7. The number of carbonyl (C=O) groups excluding carboxylic acids is 2. The summed E-state index contributed by atoms with van der Waals surface area (Å²) in [5, 5.41) is 0. The molecule has 4 heteroatoms. The van der Waals surface area contributed by atoms with Gasteiger partial charge in [0.2, 0.25) is 0 Å². The second-order valence-corrected chi connectivity index (χ2v) is 5.74. The zero-order valence-corrected chi connectivity index (χ0v) is 10.3. The molecule has 18 heavy (non-hydrogen) atoms. The highest BCUT2D eigenvalue weighted by Gasteiger charge is 2.50. The highest BCUT2D eigenvalue weighted by molar-refractivity contribution is 5.81. The van der Waals surface area contributed by atoms with E-state index in [2.05, 4.69) is 6.58 Å². The van der Waals surface area contributed by atoms with Gasteiger partial charge in [-0.2, -0.15) is 0 Å². The van der Waals surface area contributed by atoms with Crippen molar-refractivity contribution in [3.63, 3.8) is 0 Å². The molecule has 0 spiro atoms. The maximum atomic E-state index is 11.9. The minimum absolute atomic E-state index is 0.0373. The van der Waals surface area contributed by atoms with Crippen LogP contribution >= 0.6 is 0 Å². The molecule has 0 aromatic rings. The second-order valence-electron chi connectivity index (χ2n) is 5.74. The molecule has 2 aliphatic carbocycles. The molecule has 2 heterocycles. The molecule has 0 N–H and O–H groups in total. The molecule has 2 saturated heterocycles. The monoisotopic (exact) mass is 250 g/mol. The number of carbonyl (C=O) groups is 2. The summed E-state index contributed by atoms with van der Waals surface area (Å²) in [6.45, 7) is 3.74. The van der Waals surface area contributed by atoms with Crippen LogP contribution in [0.25, 0.3) is 0 Å². The molecular formula is C14H18O4. The first kappa shape index (κ1) is 11.8. The van der Waals surface area contributed by atoms with E-state index >= 15 is 0 Å². The summed E-state index contributed by atoms with van der Waals surface area (Å²) in [6, 6.07) is 0. The third kappa shape index (κ3) is 1.93. The molecule has 0 amide bonds. The molecule has 0 aromatic carbocycles. The molecule has 2 aliphatic heterocycles. The van der Waals surface area contributed by atoms with Crippen molar-refractivity contribution in [2.24, 2.45) is 23.7 Å².